The van der Waals surface area contributed by atoms with Crippen molar-refractivity contribution in [3.63, 3.8) is 0 Å². The van der Waals surface area contributed by atoms with Gasteiger partial charge in [0.25, 0.3) is 0 Å². The van der Waals surface area contributed by atoms with E-state index in [1.54, 1.807) is 0 Å². The van der Waals surface area contributed by atoms with E-state index in [1.165, 1.54) is 64.2 Å². The molecule has 0 saturated heterocycles. The van der Waals surface area contributed by atoms with Crippen LogP contribution < -0.4 is 11.5 Å². The minimum atomic E-state index is -0.101. The Morgan fingerprint density at radius 1 is 0.842 bits per heavy atom. The van der Waals surface area contributed by atoms with Crippen LogP contribution in [0.1, 0.15) is 77.6 Å². The normalized spacial score (nSPS) is 33.8. The van der Waals surface area contributed by atoms with Gasteiger partial charge < -0.3 is 11.5 Å². The van der Waals surface area contributed by atoms with Crippen LogP contribution in [0.25, 0.3) is 0 Å². The Kier molecular flexibility index (Phi) is 6.15. The number of hydrogen-bond donors (Lipinski definition) is 2. The van der Waals surface area contributed by atoms with Crippen molar-refractivity contribution in [1.29, 1.82) is 0 Å². The molecule has 0 aliphatic heterocycles. The molecule has 0 amide bonds. The summed E-state index contributed by atoms with van der Waals surface area (Å²) in [5.41, 5.74) is 11.6. The highest BCUT2D eigenvalue weighted by Gasteiger charge is 2.30. The lowest BCUT2D eigenvalue weighted by Gasteiger charge is -2.37. The van der Waals surface area contributed by atoms with Crippen LogP contribution in [0.15, 0.2) is 0 Å². The fraction of sp³-hybridized carbons (Fsp3) is 1.00. The van der Waals surface area contributed by atoms with Crippen LogP contribution in [-0.2, 0) is 0 Å². The van der Waals surface area contributed by atoms with Crippen LogP contribution in [-0.4, -0.2) is 6.17 Å². The first-order valence-electron chi connectivity index (χ1n) is 8.68. The van der Waals surface area contributed by atoms with E-state index < -0.39 is 0 Å². The minimum absolute atomic E-state index is 0.101. The zero-order valence-electron chi connectivity index (χ0n) is 12.8. The first-order chi connectivity index (χ1) is 9.17. The molecule has 0 spiro atoms. The van der Waals surface area contributed by atoms with Crippen LogP contribution in [0.5, 0.6) is 0 Å². The third kappa shape index (κ3) is 5.07. The molecule has 0 heterocycles. The van der Waals surface area contributed by atoms with E-state index in [9.17, 15) is 0 Å². The van der Waals surface area contributed by atoms with Gasteiger partial charge in [0, 0.05) is 0 Å². The average molecular weight is 266 g/mol. The predicted octanol–water partition coefficient (Wildman–Crippen LogP) is 4.03. The molecule has 2 aliphatic rings. The molecular weight excluding hydrogens is 232 g/mol. The molecule has 3 unspecified atom stereocenters. The van der Waals surface area contributed by atoms with E-state index in [0.717, 1.165) is 30.1 Å². The summed E-state index contributed by atoms with van der Waals surface area (Å²) in [4.78, 5) is 0. The van der Waals surface area contributed by atoms with E-state index in [-0.39, 0.29) is 6.17 Å². The van der Waals surface area contributed by atoms with Crippen molar-refractivity contribution in [1.82, 2.24) is 0 Å². The average Bonchev–Trinajstić information content (AvgIpc) is 2.38. The Bertz CT molecular complexity index is 246. The highest BCUT2D eigenvalue weighted by atomic mass is 14.8. The summed E-state index contributed by atoms with van der Waals surface area (Å²) in [7, 11) is 0. The quantitative estimate of drug-likeness (QED) is 0.738. The Labute approximate surface area is 119 Å². The molecule has 4 N–H and O–H groups in total. The number of nitrogens with two attached hydrogens (primary N) is 2. The second-order valence-corrected chi connectivity index (χ2v) is 7.35. The fourth-order valence-electron chi connectivity index (χ4n) is 4.70. The molecule has 3 atom stereocenters. The van der Waals surface area contributed by atoms with Crippen molar-refractivity contribution in [3.8, 4) is 0 Å². The predicted molar refractivity (Wildman–Crippen MR) is 82.6 cm³/mol. The molecular formula is C17H34N2. The van der Waals surface area contributed by atoms with E-state index in [1.807, 2.05) is 0 Å². The topological polar surface area (TPSA) is 52.0 Å². The molecule has 112 valence electrons. The highest BCUT2D eigenvalue weighted by molar-refractivity contribution is 4.82. The first-order valence-corrected chi connectivity index (χ1v) is 8.68. The van der Waals surface area contributed by atoms with Crippen LogP contribution in [0.4, 0.5) is 0 Å². The van der Waals surface area contributed by atoms with E-state index in [4.69, 9.17) is 11.5 Å². The molecule has 2 nitrogen and oxygen atoms in total. The van der Waals surface area contributed by atoms with Gasteiger partial charge >= 0.3 is 0 Å². The van der Waals surface area contributed by atoms with E-state index >= 15 is 0 Å². The minimum Gasteiger partial charge on any atom is -0.316 e. The van der Waals surface area contributed by atoms with E-state index in [2.05, 4.69) is 6.92 Å². The van der Waals surface area contributed by atoms with Crippen molar-refractivity contribution in [3.05, 3.63) is 0 Å². The molecule has 0 bridgehead atoms. The SMILES string of the molecule is CCC1CC(CC(N)N)CC(CC2CCCCC2)C1. The van der Waals surface area contributed by atoms with Gasteiger partial charge in [0.15, 0.2) is 0 Å². The van der Waals surface area contributed by atoms with Crippen LogP contribution in [0.3, 0.4) is 0 Å². The summed E-state index contributed by atoms with van der Waals surface area (Å²) in [5, 5.41) is 0. The second kappa shape index (κ2) is 7.64. The summed E-state index contributed by atoms with van der Waals surface area (Å²) >= 11 is 0. The maximum Gasteiger partial charge on any atom is 0.0523 e. The third-order valence-electron chi connectivity index (χ3n) is 5.57. The molecule has 0 radical (unpaired) electrons. The lowest BCUT2D eigenvalue weighted by Crippen LogP contribution is -2.35. The van der Waals surface area contributed by atoms with Gasteiger partial charge in [0.2, 0.25) is 0 Å². The van der Waals surface area contributed by atoms with Crippen LogP contribution in [0.2, 0.25) is 0 Å². The highest BCUT2D eigenvalue weighted by Crippen LogP contribution is 2.41. The molecule has 2 fully saturated rings. The van der Waals surface area contributed by atoms with Crippen LogP contribution in [0, 0.1) is 23.7 Å². The summed E-state index contributed by atoms with van der Waals surface area (Å²) in [6.45, 7) is 2.35. The van der Waals surface area contributed by atoms with Gasteiger partial charge in [-0.15, -0.1) is 0 Å². The molecule has 0 aromatic rings. The summed E-state index contributed by atoms with van der Waals surface area (Å²) in [5.74, 6) is 3.73. The summed E-state index contributed by atoms with van der Waals surface area (Å²) in [6.07, 6.45) is 15.4. The Hall–Kier alpha value is -0.0800. The lowest BCUT2D eigenvalue weighted by atomic mass is 9.69. The van der Waals surface area contributed by atoms with Gasteiger partial charge in [-0.05, 0) is 55.8 Å². The standard InChI is InChI=1S/C17H34N2/c1-2-13-8-15(10-14-6-4-3-5-7-14)11-16(9-13)12-17(18)19/h13-17H,2-12,18-19H2,1H3. The van der Waals surface area contributed by atoms with Gasteiger partial charge in [-0.2, -0.15) is 0 Å². The van der Waals surface area contributed by atoms with Gasteiger partial charge in [-0.1, -0.05) is 45.4 Å². The summed E-state index contributed by atoms with van der Waals surface area (Å²) < 4.78 is 0. The molecule has 2 rings (SSSR count). The smallest absolute Gasteiger partial charge is 0.0523 e. The number of rotatable bonds is 5. The zero-order valence-corrected chi connectivity index (χ0v) is 12.8. The largest absolute Gasteiger partial charge is 0.316 e. The van der Waals surface area contributed by atoms with Gasteiger partial charge in [-0.25, -0.2) is 0 Å². The first kappa shape index (κ1) is 15.3. The molecule has 19 heavy (non-hydrogen) atoms. The van der Waals surface area contributed by atoms with Crippen LogP contribution >= 0.6 is 0 Å². The van der Waals surface area contributed by atoms with Gasteiger partial charge in [0.05, 0.1) is 6.17 Å². The monoisotopic (exact) mass is 266 g/mol. The van der Waals surface area contributed by atoms with Crippen molar-refractivity contribution >= 4 is 0 Å². The fourth-order valence-corrected chi connectivity index (χ4v) is 4.70. The van der Waals surface area contributed by atoms with Gasteiger partial charge in [0.1, 0.15) is 0 Å². The Morgan fingerprint density at radius 3 is 2.11 bits per heavy atom. The number of hydrogen-bond acceptors (Lipinski definition) is 2. The molecule has 0 aromatic heterocycles. The Morgan fingerprint density at radius 2 is 1.47 bits per heavy atom. The summed E-state index contributed by atoms with van der Waals surface area (Å²) in [6, 6.07) is 0. The molecule has 2 saturated carbocycles. The third-order valence-corrected chi connectivity index (χ3v) is 5.57. The molecule has 2 heteroatoms. The van der Waals surface area contributed by atoms with E-state index in [0.29, 0.717) is 0 Å². The van der Waals surface area contributed by atoms with Crippen molar-refractivity contribution < 1.29 is 0 Å². The second-order valence-electron chi connectivity index (χ2n) is 7.35. The van der Waals surface area contributed by atoms with Crippen molar-refractivity contribution in [2.24, 2.45) is 35.1 Å². The Balaban J connectivity index is 1.83. The van der Waals surface area contributed by atoms with Gasteiger partial charge in [-0.3, -0.25) is 0 Å². The van der Waals surface area contributed by atoms with Crippen molar-refractivity contribution in [2.45, 2.75) is 83.7 Å². The maximum atomic E-state index is 5.82. The lowest BCUT2D eigenvalue weighted by molar-refractivity contribution is 0.145. The van der Waals surface area contributed by atoms with Crippen molar-refractivity contribution in [2.75, 3.05) is 0 Å². The molecule has 2 aliphatic carbocycles. The molecule has 0 aromatic carbocycles. The maximum absolute atomic E-state index is 5.82. The zero-order chi connectivity index (χ0) is 13.7.